The average molecular weight is 492 g/mol. The number of anilines is 1. The Hall–Kier alpha value is -3.58. The van der Waals surface area contributed by atoms with Crippen molar-refractivity contribution in [3.8, 4) is 17.2 Å². The second kappa shape index (κ2) is 11.4. The summed E-state index contributed by atoms with van der Waals surface area (Å²) in [7, 11) is 0. The average Bonchev–Trinajstić information content (AvgIpc) is 2.85. The number of hydrogen-bond acceptors (Lipinski definition) is 5. The van der Waals surface area contributed by atoms with E-state index in [-0.39, 0.29) is 35.4 Å². The van der Waals surface area contributed by atoms with Crippen molar-refractivity contribution in [3.63, 3.8) is 0 Å². The fraction of sp³-hybridized carbons (Fsp3) is 0.345. The van der Waals surface area contributed by atoms with Crippen LogP contribution in [0.5, 0.6) is 17.2 Å². The number of rotatable bonds is 8. The smallest absolute Gasteiger partial charge is 0.251 e. The standard InChI is InChI=1S/C29H34FN3O3/c1-20(2)27(19-32-15-16-33(21(3)18-32)23-7-6-8-24(34)17-23)31-29(35)22-11-13-25(14-12-22)36-28-10-5-4-9-26(28)30/h4-14,17,20-21,27,34H,15-16,18-19H2,1-3H3,(H,31,35)/t21-,27+/m0/s1. The number of phenolic OH excluding ortho intramolecular Hbond substituents is 1. The van der Waals surface area contributed by atoms with Crippen LogP contribution in [0.15, 0.2) is 72.8 Å². The molecule has 36 heavy (non-hydrogen) atoms. The number of ether oxygens (including phenoxy) is 1. The number of nitrogens with zero attached hydrogens (tertiary/aromatic N) is 2. The summed E-state index contributed by atoms with van der Waals surface area (Å²) in [5.41, 5.74) is 1.56. The first-order valence-corrected chi connectivity index (χ1v) is 12.4. The second-order valence-corrected chi connectivity index (χ2v) is 9.70. The van der Waals surface area contributed by atoms with Crippen molar-refractivity contribution in [2.24, 2.45) is 5.92 Å². The molecular formula is C29H34FN3O3. The Morgan fingerprint density at radius 3 is 2.50 bits per heavy atom. The van der Waals surface area contributed by atoms with Gasteiger partial charge in [-0.1, -0.05) is 32.0 Å². The van der Waals surface area contributed by atoms with Crippen LogP contribution >= 0.6 is 0 Å². The lowest BCUT2D eigenvalue weighted by molar-refractivity contribution is 0.0903. The van der Waals surface area contributed by atoms with E-state index in [1.807, 2.05) is 12.1 Å². The highest BCUT2D eigenvalue weighted by molar-refractivity contribution is 5.94. The van der Waals surface area contributed by atoms with Crippen LogP contribution in [0.2, 0.25) is 0 Å². The van der Waals surface area contributed by atoms with Crippen molar-refractivity contribution in [2.75, 3.05) is 31.1 Å². The molecule has 3 aromatic carbocycles. The molecule has 6 nitrogen and oxygen atoms in total. The molecule has 1 saturated heterocycles. The largest absolute Gasteiger partial charge is 0.508 e. The van der Waals surface area contributed by atoms with E-state index >= 15 is 0 Å². The molecule has 0 spiro atoms. The first-order valence-electron chi connectivity index (χ1n) is 12.4. The van der Waals surface area contributed by atoms with Crippen molar-refractivity contribution < 1.29 is 19.0 Å². The van der Waals surface area contributed by atoms with E-state index in [9.17, 15) is 14.3 Å². The lowest BCUT2D eigenvalue weighted by atomic mass is 10.0. The molecule has 1 aliphatic heterocycles. The molecule has 190 valence electrons. The molecular weight excluding hydrogens is 457 g/mol. The van der Waals surface area contributed by atoms with Crippen LogP contribution in [0.4, 0.5) is 10.1 Å². The molecule has 2 atom stereocenters. The van der Waals surface area contributed by atoms with Gasteiger partial charge in [0, 0.05) is 55.6 Å². The van der Waals surface area contributed by atoms with E-state index in [4.69, 9.17) is 4.74 Å². The number of hydrogen-bond donors (Lipinski definition) is 2. The maximum Gasteiger partial charge on any atom is 0.251 e. The fourth-order valence-electron chi connectivity index (χ4n) is 4.54. The lowest BCUT2D eigenvalue weighted by Crippen LogP contribution is -2.56. The second-order valence-electron chi connectivity index (χ2n) is 9.70. The summed E-state index contributed by atoms with van der Waals surface area (Å²) in [5, 5.41) is 13.0. The number of piperazine rings is 1. The summed E-state index contributed by atoms with van der Waals surface area (Å²) < 4.78 is 19.4. The number of amides is 1. The zero-order valence-electron chi connectivity index (χ0n) is 21.0. The van der Waals surface area contributed by atoms with Gasteiger partial charge in [-0.25, -0.2) is 4.39 Å². The molecule has 7 heteroatoms. The minimum absolute atomic E-state index is 0.00800. The molecule has 0 aromatic heterocycles. The van der Waals surface area contributed by atoms with Crippen LogP contribution in [0, 0.1) is 11.7 Å². The van der Waals surface area contributed by atoms with Gasteiger partial charge in [0.05, 0.1) is 0 Å². The van der Waals surface area contributed by atoms with E-state index in [0.29, 0.717) is 11.3 Å². The third kappa shape index (κ3) is 6.34. The van der Waals surface area contributed by atoms with Gasteiger partial charge in [-0.3, -0.25) is 9.69 Å². The molecule has 0 saturated carbocycles. The van der Waals surface area contributed by atoms with Crippen LogP contribution in [-0.2, 0) is 0 Å². The molecule has 0 radical (unpaired) electrons. The highest BCUT2D eigenvalue weighted by Crippen LogP contribution is 2.26. The number of halogens is 1. The molecule has 1 aliphatic rings. The van der Waals surface area contributed by atoms with Crippen molar-refractivity contribution in [1.82, 2.24) is 10.2 Å². The van der Waals surface area contributed by atoms with E-state index < -0.39 is 5.82 Å². The molecule has 1 amide bonds. The number of aromatic hydroxyl groups is 1. The Kier molecular flexibility index (Phi) is 8.10. The summed E-state index contributed by atoms with van der Waals surface area (Å²) in [4.78, 5) is 17.7. The Balaban J connectivity index is 1.34. The van der Waals surface area contributed by atoms with E-state index in [1.165, 1.54) is 6.07 Å². The lowest BCUT2D eigenvalue weighted by Gasteiger charge is -2.42. The number of carbonyl (C=O) groups excluding carboxylic acids is 1. The Bertz CT molecular complexity index is 1170. The third-order valence-corrected chi connectivity index (χ3v) is 6.63. The minimum Gasteiger partial charge on any atom is -0.508 e. The normalized spacial score (nSPS) is 17.1. The minimum atomic E-state index is -0.434. The van der Waals surface area contributed by atoms with Gasteiger partial charge in [0.25, 0.3) is 5.91 Å². The highest BCUT2D eigenvalue weighted by Gasteiger charge is 2.27. The maximum absolute atomic E-state index is 13.8. The quantitative estimate of drug-likeness (QED) is 0.448. The maximum atomic E-state index is 13.8. The number of carbonyl (C=O) groups is 1. The zero-order chi connectivity index (χ0) is 25.7. The molecule has 0 aliphatic carbocycles. The van der Waals surface area contributed by atoms with Crippen molar-refractivity contribution in [2.45, 2.75) is 32.9 Å². The van der Waals surface area contributed by atoms with Gasteiger partial charge in [0.15, 0.2) is 11.6 Å². The first-order chi connectivity index (χ1) is 17.3. The number of phenols is 1. The molecule has 2 N–H and O–H groups in total. The zero-order valence-corrected chi connectivity index (χ0v) is 21.0. The van der Waals surface area contributed by atoms with Gasteiger partial charge in [-0.05, 0) is 61.4 Å². The van der Waals surface area contributed by atoms with Gasteiger partial charge in [-0.2, -0.15) is 0 Å². The summed E-state index contributed by atoms with van der Waals surface area (Å²) >= 11 is 0. The van der Waals surface area contributed by atoms with Crippen LogP contribution in [0.1, 0.15) is 31.1 Å². The van der Waals surface area contributed by atoms with Crippen molar-refractivity contribution in [1.29, 1.82) is 0 Å². The Morgan fingerprint density at radius 2 is 1.83 bits per heavy atom. The first kappa shape index (κ1) is 25.5. The molecule has 0 bridgehead atoms. The molecule has 3 aromatic rings. The monoisotopic (exact) mass is 491 g/mol. The van der Waals surface area contributed by atoms with Crippen LogP contribution < -0.4 is 15.0 Å². The molecule has 0 unspecified atom stereocenters. The van der Waals surface area contributed by atoms with E-state index in [2.05, 4.69) is 35.9 Å². The number of benzene rings is 3. The summed E-state index contributed by atoms with van der Waals surface area (Å²) in [6.45, 7) is 9.77. The van der Waals surface area contributed by atoms with E-state index in [1.54, 1.807) is 54.6 Å². The SMILES string of the molecule is CC(C)[C@@H](CN1CCN(c2cccc(O)c2)[C@@H](C)C1)NC(=O)c1ccc(Oc2ccccc2F)cc1. The predicted molar refractivity (Wildman–Crippen MR) is 140 cm³/mol. The predicted octanol–water partition coefficient (Wildman–Crippen LogP) is 5.29. The Morgan fingerprint density at radius 1 is 1.08 bits per heavy atom. The summed E-state index contributed by atoms with van der Waals surface area (Å²) in [6.07, 6.45) is 0. The van der Waals surface area contributed by atoms with Crippen LogP contribution in [0.3, 0.4) is 0 Å². The van der Waals surface area contributed by atoms with Gasteiger partial charge in [-0.15, -0.1) is 0 Å². The van der Waals surface area contributed by atoms with Crippen molar-refractivity contribution in [3.05, 3.63) is 84.2 Å². The van der Waals surface area contributed by atoms with Crippen molar-refractivity contribution >= 4 is 11.6 Å². The topological polar surface area (TPSA) is 65.0 Å². The highest BCUT2D eigenvalue weighted by atomic mass is 19.1. The van der Waals surface area contributed by atoms with Gasteiger partial charge in [0.2, 0.25) is 0 Å². The number of nitrogens with one attached hydrogen (secondary N) is 1. The van der Waals surface area contributed by atoms with Gasteiger partial charge >= 0.3 is 0 Å². The number of para-hydroxylation sites is 1. The molecule has 1 heterocycles. The van der Waals surface area contributed by atoms with Gasteiger partial charge < -0.3 is 20.1 Å². The van der Waals surface area contributed by atoms with Crippen LogP contribution in [0.25, 0.3) is 0 Å². The van der Waals surface area contributed by atoms with E-state index in [0.717, 1.165) is 31.9 Å². The Labute approximate surface area is 212 Å². The van der Waals surface area contributed by atoms with Crippen LogP contribution in [-0.4, -0.2) is 54.2 Å². The molecule has 1 fully saturated rings. The summed E-state index contributed by atoms with van der Waals surface area (Å²) in [6, 6.07) is 20.6. The summed E-state index contributed by atoms with van der Waals surface area (Å²) in [5.74, 6) is 0.575. The third-order valence-electron chi connectivity index (χ3n) is 6.63. The van der Waals surface area contributed by atoms with Gasteiger partial charge in [0.1, 0.15) is 11.5 Å². The molecule has 4 rings (SSSR count). The fourth-order valence-corrected chi connectivity index (χ4v) is 4.54.